The van der Waals surface area contributed by atoms with Gasteiger partial charge in [0.15, 0.2) is 5.43 Å². The topological polar surface area (TPSA) is 53.9 Å². The third kappa shape index (κ3) is 2.25. The molecule has 116 valence electrons. The van der Waals surface area contributed by atoms with E-state index in [9.17, 15) is 4.79 Å². The van der Waals surface area contributed by atoms with Crippen LogP contribution in [-0.4, -0.2) is 21.3 Å². The van der Waals surface area contributed by atoms with Gasteiger partial charge in [-0.25, -0.2) is 4.68 Å². The van der Waals surface area contributed by atoms with Crippen molar-refractivity contribution in [3.05, 3.63) is 69.8 Å². The van der Waals surface area contributed by atoms with Crippen molar-refractivity contribution in [2.45, 2.75) is 20.3 Å². The number of nitrogens with one attached hydrogen (secondary N) is 1. The Kier molecular flexibility index (Phi) is 3.08. The number of aryl methyl sites for hydroxylation is 2. The summed E-state index contributed by atoms with van der Waals surface area (Å²) < 4.78 is 1.85. The summed E-state index contributed by atoms with van der Waals surface area (Å²) in [4.78, 5) is 17.7. The molecule has 3 aromatic rings. The number of H-pyrrole nitrogens is 1. The SMILES string of the molecule is Cc1cc(=O)c2c([nH]1)N(c1ccc(-n3cccn3)cc1C)CC2. The lowest BCUT2D eigenvalue weighted by atomic mass is 10.1. The number of benzene rings is 1. The van der Waals surface area contributed by atoms with Crippen LogP contribution in [0, 0.1) is 13.8 Å². The van der Waals surface area contributed by atoms with Crippen molar-refractivity contribution in [3.63, 3.8) is 0 Å². The zero-order chi connectivity index (χ0) is 16.0. The largest absolute Gasteiger partial charge is 0.345 e. The molecule has 0 bridgehead atoms. The van der Waals surface area contributed by atoms with E-state index in [2.05, 4.69) is 40.1 Å². The van der Waals surface area contributed by atoms with Crippen molar-refractivity contribution in [2.75, 3.05) is 11.4 Å². The van der Waals surface area contributed by atoms with E-state index >= 15 is 0 Å². The van der Waals surface area contributed by atoms with Crippen LogP contribution in [-0.2, 0) is 6.42 Å². The van der Waals surface area contributed by atoms with E-state index in [1.807, 2.05) is 23.9 Å². The molecule has 0 amide bonds. The van der Waals surface area contributed by atoms with E-state index in [0.29, 0.717) is 0 Å². The van der Waals surface area contributed by atoms with Crippen molar-refractivity contribution < 1.29 is 0 Å². The molecule has 0 saturated heterocycles. The fraction of sp³-hybridized carbons (Fsp3) is 0.222. The molecule has 23 heavy (non-hydrogen) atoms. The van der Waals surface area contributed by atoms with Crippen molar-refractivity contribution in [2.24, 2.45) is 0 Å². The number of nitrogens with zero attached hydrogens (tertiary/aromatic N) is 3. The van der Waals surface area contributed by atoms with E-state index in [0.717, 1.165) is 47.0 Å². The van der Waals surface area contributed by atoms with Crippen LogP contribution in [0.3, 0.4) is 0 Å². The van der Waals surface area contributed by atoms with E-state index in [4.69, 9.17) is 0 Å². The minimum atomic E-state index is 0.129. The van der Waals surface area contributed by atoms with Gasteiger partial charge in [-0.3, -0.25) is 4.79 Å². The first kappa shape index (κ1) is 13.8. The predicted octanol–water partition coefficient (Wildman–Crippen LogP) is 2.87. The Balaban J connectivity index is 1.78. The summed E-state index contributed by atoms with van der Waals surface area (Å²) in [5, 5.41) is 4.27. The molecule has 5 heteroatoms. The Morgan fingerprint density at radius 2 is 2.09 bits per heavy atom. The Bertz CT molecular complexity index is 925. The molecule has 0 atom stereocenters. The third-order valence-electron chi connectivity index (χ3n) is 4.34. The number of hydrogen-bond acceptors (Lipinski definition) is 3. The molecule has 0 radical (unpaired) electrons. The monoisotopic (exact) mass is 306 g/mol. The van der Waals surface area contributed by atoms with Crippen LogP contribution in [0.25, 0.3) is 5.69 Å². The van der Waals surface area contributed by atoms with Crippen molar-refractivity contribution >= 4 is 11.5 Å². The zero-order valence-electron chi connectivity index (χ0n) is 13.2. The molecule has 5 nitrogen and oxygen atoms in total. The predicted molar refractivity (Wildman–Crippen MR) is 90.8 cm³/mol. The Labute approximate surface area is 134 Å². The van der Waals surface area contributed by atoms with Gasteiger partial charge in [0.1, 0.15) is 5.82 Å². The van der Waals surface area contributed by atoms with Gasteiger partial charge >= 0.3 is 0 Å². The molecule has 3 heterocycles. The normalized spacial score (nSPS) is 13.4. The molecule has 1 aliphatic heterocycles. The minimum absolute atomic E-state index is 0.129. The first-order valence-electron chi connectivity index (χ1n) is 7.74. The van der Waals surface area contributed by atoms with E-state index < -0.39 is 0 Å². The highest BCUT2D eigenvalue weighted by Gasteiger charge is 2.24. The Hall–Kier alpha value is -2.82. The lowest BCUT2D eigenvalue weighted by Crippen LogP contribution is -2.16. The molecule has 0 aliphatic carbocycles. The van der Waals surface area contributed by atoms with Crippen molar-refractivity contribution in [1.82, 2.24) is 14.8 Å². The number of aromatic amines is 1. The maximum absolute atomic E-state index is 12.1. The molecule has 1 aliphatic rings. The van der Waals surface area contributed by atoms with Gasteiger partial charge < -0.3 is 9.88 Å². The first-order chi connectivity index (χ1) is 11.1. The van der Waals surface area contributed by atoms with Crippen LogP contribution in [0.4, 0.5) is 11.5 Å². The molecule has 1 N–H and O–H groups in total. The van der Waals surface area contributed by atoms with Crippen LogP contribution >= 0.6 is 0 Å². The molecule has 2 aromatic heterocycles. The second-order valence-corrected chi connectivity index (χ2v) is 5.97. The fourth-order valence-corrected chi connectivity index (χ4v) is 3.25. The molecule has 0 saturated carbocycles. The zero-order valence-corrected chi connectivity index (χ0v) is 13.2. The molecule has 4 rings (SSSR count). The van der Waals surface area contributed by atoms with Crippen molar-refractivity contribution in [3.8, 4) is 5.69 Å². The van der Waals surface area contributed by atoms with Gasteiger partial charge in [0.25, 0.3) is 0 Å². The lowest BCUT2D eigenvalue weighted by molar-refractivity contribution is 0.878. The van der Waals surface area contributed by atoms with Crippen LogP contribution in [0.1, 0.15) is 16.8 Å². The van der Waals surface area contributed by atoms with Crippen LogP contribution in [0.2, 0.25) is 0 Å². The quantitative estimate of drug-likeness (QED) is 0.792. The summed E-state index contributed by atoms with van der Waals surface area (Å²) in [6.07, 6.45) is 4.49. The maximum Gasteiger partial charge on any atom is 0.187 e. The average Bonchev–Trinajstić information content (AvgIpc) is 3.16. The molecule has 0 fully saturated rings. The fourth-order valence-electron chi connectivity index (χ4n) is 3.25. The van der Waals surface area contributed by atoms with Gasteiger partial charge in [0, 0.05) is 41.9 Å². The van der Waals surface area contributed by atoms with Gasteiger partial charge in [0.2, 0.25) is 0 Å². The summed E-state index contributed by atoms with van der Waals surface area (Å²) in [6.45, 7) is 4.84. The minimum Gasteiger partial charge on any atom is -0.345 e. The number of rotatable bonds is 2. The molecule has 0 spiro atoms. The summed E-state index contributed by atoms with van der Waals surface area (Å²) in [5.74, 6) is 0.935. The number of aromatic nitrogens is 3. The van der Waals surface area contributed by atoms with Crippen LogP contribution in [0.15, 0.2) is 47.5 Å². The summed E-state index contributed by atoms with van der Waals surface area (Å²) in [5.41, 5.74) is 5.23. The molecule has 0 unspecified atom stereocenters. The molecule has 1 aromatic carbocycles. The first-order valence-corrected chi connectivity index (χ1v) is 7.74. The number of fused-ring (bicyclic) bond motifs is 1. The standard InChI is InChI=1S/C18H18N4O/c1-12-10-14(22-8-3-7-19-22)4-5-16(12)21-9-6-15-17(23)11-13(2)20-18(15)21/h3-5,7-8,10-11H,6,9H2,1-2H3,(H,20,23). The second-order valence-electron chi connectivity index (χ2n) is 5.97. The highest BCUT2D eigenvalue weighted by Crippen LogP contribution is 2.34. The number of pyridine rings is 1. The van der Waals surface area contributed by atoms with Crippen LogP contribution in [0.5, 0.6) is 0 Å². The summed E-state index contributed by atoms with van der Waals surface area (Å²) in [6, 6.07) is 9.86. The van der Waals surface area contributed by atoms with Gasteiger partial charge in [-0.1, -0.05) is 0 Å². The lowest BCUT2D eigenvalue weighted by Gasteiger charge is -2.22. The highest BCUT2D eigenvalue weighted by atomic mass is 16.1. The average molecular weight is 306 g/mol. The third-order valence-corrected chi connectivity index (χ3v) is 4.34. The van der Waals surface area contributed by atoms with Gasteiger partial charge in [-0.2, -0.15) is 5.10 Å². The van der Waals surface area contributed by atoms with E-state index in [-0.39, 0.29) is 5.43 Å². The van der Waals surface area contributed by atoms with Gasteiger partial charge in [-0.15, -0.1) is 0 Å². The van der Waals surface area contributed by atoms with Gasteiger partial charge in [0.05, 0.1) is 5.69 Å². The van der Waals surface area contributed by atoms with E-state index in [1.54, 1.807) is 12.3 Å². The number of anilines is 2. The van der Waals surface area contributed by atoms with Gasteiger partial charge in [-0.05, 0) is 50.1 Å². The molecular formula is C18H18N4O. The second kappa shape index (κ2) is 5.12. The van der Waals surface area contributed by atoms with Crippen molar-refractivity contribution in [1.29, 1.82) is 0 Å². The number of hydrogen-bond donors (Lipinski definition) is 1. The van der Waals surface area contributed by atoms with E-state index in [1.165, 1.54) is 0 Å². The Morgan fingerprint density at radius 3 is 2.83 bits per heavy atom. The highest BCUT2D eigenvalue weighted by molar-refractivity contribution is 5.70. The summed E-state index contributed by atoms with van der Waals surface area (Å²) >= 11 is 0. The summed E-state index contributed by atoms with van der Waals surface area (Å²) in [7, 11) is 0. The Morgan fingerprint density at radius 1 is 1.22 bits per heavy atom. The smallest absolute Gasteiger partial charge is 0.187 e. The molecular weight excluding hydrogens is 288 g/mol. The maximum atomic E-state index is 12.1. The van der Waals surface area contributed by atoms with Crippen LogP contribution < -0.4 is 10.3 Å².